The summed E-state index contributed by atoms with van der Waals surface area (Å²) in [5.41, 5.74) is 0. The second kappa shape index (κ2) is 9.22. The fourth-order valence-corrected chi connectivity index (χ4v) is 3.45. The van der Waals surface area contributed by atoms with Crippen molar-refractivity contribution in [2.24, 2.45) is 5.92 Å². The summed E-state index contributed by atoms with van der Waals surface area (Å²) in [5, 5.41) is 0. The average Bonchev–Trinajstić information content (AvgIpc) is 2.11. The average molecular weight is 221 g/mol. The van der Waals surface area contributed by atoms with Gasteiger partial charge in [-0.1, -0.05) is 49.3 Å². The third-order valence-electron chi connectivity index (χ3n) is 1.87. The summed E-state index contributed by atoms with van der Waals surface area (Å²) in [4.78, 5) is 2.48. The SMILES string of the molecule is CCN(CC)CCSSCC(C)C. The first-order chi connectivity index (χ1) is 6.20. The van der Waals surface area contributed by atoms with Crippen molar-refractivity contribution >= 4 is 21.6 Å². The Bertz CT molecular complexity index is 103. The molecule has 0 aromatic carbocycles. The number of hydrogen-bond donors (Lipinski definition) is 0. The van der Waals surface area contributed by atoms with E-state index >= 15 is 0 Å². The molecule has 0 saturated heterocycles. The van der Waals surface area contributed by atoms with Gasteiger partial charge in [-0.05, 0) is 19.0 Å². The molecule has 3 heteroatoms. The lowest BCUT2D eigenvalue weighted by atomic mass is 10.3. The topological polar surface area (TPSA) is 3.24 Å². The van der Waals surface area contributed by atoms with Crippen LogP contribution in [-0.4, -0.2) is 36.0 Å². The smallest absolute Gasteiger partial charge is 0.0165 e. The van der Waals surface area contributed by atoms with Crippen molar-refractivity contribution in [2.75, 3.05) is 31.1 Å². The largest absolute Gasteiger partial charge is 0.303 e. The van der Waals surface area contributed by atoms with Gasteiger partial charge >= 0.3 is 0 Å². The minimum atomic E-state index is 0.825. The van der Waals surface area contributed by atoms with Gasteiger partial charge in [0.2, 0.25) is 0 Å². The van der Waals surface area contributed by atoms with Gasteiger partial charge in [-0.15, -0.1) is 0 Å². The van der Waals surface area contributed by atoms with Crippen molar-refractivity contribution in [1.29, 1.82) is 0 Å². The fraction of sp³-hybridized carbons (Fsp3) is 1.00. The van der Waals surface area contributed by atoms with E-state index in [0.29, 0.717) is 0 Å². The minimum Gasteiger partial charge on any atom is -0.303 e. The first-order valence-electron chi connectivity index (χ1n) is 5.17. The van der Waals surface area contributed by atoms with Gasteiger partial charge in [-0.2, -0.15) is 0 Å². The second-order valence-electron chi connectivity index (χ2n) is 3.53. The van der Waals surface area contributed by atoms with Gasteiger partial charge in [-0.3, -0.25) is 0 Å². The van der Waals surface area contributed by atoms with E-state index < -0.39 is 0 Å². The quantitative estimate of drug-likeness (QED) is 0.457. The zero-order chi connectivity index (χ0) is 10.1. The first kappa shape index (κ1) is 13.7. The van der Waals surface area contributed by atoms with Crippen LogP contribution in [0.15, 0.2) is 0 Å². The van der Waals surface area contributed by atoms with E-state index in [-0.39, 0.29) is 0 Å². The van der Waals surface area contributed by atoms with Gasteiger partial charge in [-0.25, -0.2) is 0 Å². The van der Waals surface area contributed by atoms with E-state index in [4.69, 9.17) is 0 Å². The number of rotatable bonds is 8. The zero-order valence-corrected chi connectivity index (χ0v) is 11.0. The summed E-state index contributed by atoms with van der Waals surface area (Å²) in [6.45, 7) is 12.6. The minimum absolute atomic E-state index is 0.825. The molecule has 0 bridgehead atoms. The van der Waals surface area contributed by atoms with Crippen molar-refractivity contribution in [1.82, 2.24) is 4.90 Å². The lowest BCUT2D eigenvalue weighted by molar-refractivity contribution is 0.324. The molecule has 80 valence electrons. The first-order valence-corrected chi connectivity index (χ1v) is 7.66. The number of hydrogen-bond acceptors (Lipinski definition) is 3. The van der Waals surface area contributed by atoms with Gasteiger partial charge in [0.05, 0.1) is 0 Å². The van der Waals surface area contributed by atoms with Crippen molar-refractivity contribution in [3.8, 4) is 0 Å². The molecule has 0 fully saturated rings. The molecule has 0 N–H and O–H groups in total. The molecule has 0 aromatic rings. The molecule has 0 spiro atoms. The van der Waals surface area contributed by atoms with Crippen LogP contribution in [0.2, 0.25) is 0 Å². The Labute approximate surface area is 91.4 Å². The summed E-state index contributed by atoms with van der Waals surface area (Å²) in [7, 11) is 4.03. The van der Waals surface area contributed by atoms with Gasteiger partial charge in [0.15, 0.2) is 0 Å². The predicted octanol–water partition coefficient (Wildman–Crippen LogP) is 3.37. The molecule has 0 atom stereocenters. The van der Waals surface area contributed by atoms with Crippen molar-refractivity contribution in [3.63, 3.8) is 0 Å². The van der Waals surface area contributed by atoms with Gasteiger partial charge < -0.3 is 4.90 Å². The van der Waals surface area contributed by atoms with Crippen LogP contribution >= 0.6 is 21.6 Å². The lowest BCUT2D eigenvalue weighted by Crippen LogP contribution is -2.25. The van der Waals surface area contributed by atoms with E-state index in [2.05, 4.69) is 32.6 Å². The Morgan fingerprint density at radius 3 is 2.15 bits per heavy atom. The highest BCUT2D eigenvalue weighted by Gasteiger charge is 1.99. The highest BCUT2D eigenvalue weighted by molar-refractivity contribution is 8.76. The molecule has 0 aliphatic carbocycles. The normalized spacial score (nSPS) is 11.5. The third-order valence-corrected chi connectivity index (χ3v) is 4.60. The molecular formula is C10H23NS2. The van der Waals surface area contributed by atoms with Crippen LogP contribution in [0.25, 0.3) is 0 Å². The molecule has 0 aliphatic heterocycles. The van der Waals surface area contributed by atoms with Crippen LogP contribution < -0.4 is 0 Å². The Morgan fingerprint density at radius 1 is 1.08 bits per heavy atom. The van der Waals surface area contributed by atoms with Crippen LogP contribution in [0.4, 0.5) is 0 Å². The molecule has 0 aliphatic rings. The van der Waals surface area contributed by atoms with E-state index in [1.807, 2.05) is 21.6 Å². The Morgan fingerprint density at radius 2 is 1.69 bits per heavy atom. The molecule has 0 radical (unpaired) electrons. The zero-order valence-electron chi connectivity index (χ0n) is 9.38. The highest BCUT2D eigenvalue weighted by atomic mass is 33.1. The molecule has 0 rings (SSSR count). The van der Waals surface area contributed by atoms with Crippen LogP contribution in [0, 0.1) is 5.92 Å². The maximum absolute atomic E-state index is 2.48. The molecule has 0 aromatic heterocycles. The van der Waals surface area contributed by atoms with Crippen LogP contribution in [0.1, 0.15) is 27.7 Å². The van der Waals surface area contributed by atoms with Crippen molar-refractivity contribution in [2.45, 2.75) is 27.7 Å². The standard InChI is InChI=1S/C10H23NS2/c1-5-11(6-2)7-8-12-13-9-10(3)4/h10H,5-9H2,1-4H3. The third kappa shape index (κ3) is 8.98. The van der Waals surface area contributed by atoms with Gasteiger partial charge in [0, 0.05) is 18.1 Å². The van der Waals surface area contributed by atoms with Crippen molar-refractivity contribution < 1.29 is 0 Å². The van der Waals surface area contributed by atoms with E-state index in [1.54, 1.807) is 0 Å². The molecule has 0 heterocycles. The molecule has 0 saturated carbocycles. The molecule has 0 amide bonds. The van der Waals surface area contributed by atoms with Gasteiger partial charge in [0.1, 0.15) is 0 Å². The summed E-state index contributed by atoms with van der Waals surface area (Å²) < 4.78 is 0. The Hall–Kier alpha value is 0.660. The summed E-state index contributed by atoms with van der Waals surface area (Å²) in [6, 6.07) is 0. The summed E-state index contributed by atoms with van der Waals surface area (Å²) >= 11 is 0. The van der Waals surface area contributed by atoms with Gasteiger partial charge in [0.25, 0.3) is 0 Å². The monoisotopic (exact) mass is 221 g/mol. The van der Waals surface area contributed by atoms with E-state index in [1.165, 1.54) is 31.1 Å². The van der Waals surface area contributed by atoms with Crippen molar-refractivity contribution in [3.05, 3.63) is 0 Å². The fourth-order valence-electron chi connectivity index (χ4n) is 0.949. The highest BCUT2D eigenvalue weighted by Crippen LogP contribution is 2.23. The van der Waals surface area contributed by atoms with Crippen LogP contribution in [0.3, 0.4) is 0 Å². The van der Waals surface area contributed by atoms with Crippen LogP contribution in [0.5, 0.6) is 0 Å². The van der Waals surface area contributed by atoms with Crippen LogP contribution in [-0.2, 0) is 0 Å². The molecular weight excluding hydrogens is 198 g/mol. The summed E-state index contributed by atoms with van der Waals surface area (Å²) in [6.07, 6.45) is 0. The number of nitrogens with zero attached hydrogens (tertiary/aromatic N) is 1. The maximum Gasteiger partial charge on any atom is 0.0165 e. The van der Waals surface area contributed by atoms with E-state index in [0.717, 1.165) is 5.92 Å². The molecule has 0 unspecified atom stereocenters. The maximum atomic E-state index is 2.48. The lowest BCUT2D eigenvalue weighted by Gasteiger charge is -2.17. The second-order valence-corrected chi connectivity index (χ2v) is 6.15. The molecule has 13 heavy (non-hydrogen) atoms. The Kier molecular flexibility index (Phi) is 9.69. The Balaban J connectivity index is 3.14. The van der Waals surface area contributed by atoms with E-state index in [9.17, 15) is 0 Å². The molecule has 1 nitrogen and oxygen atoms in total. The summed E-state index contributed by atoms with van der Waals surface area (Å²) in [5.74, 6) is 3.37. The predicted molar refractivity (Wildman–Crippen MR) is 67.5 cm³/mol.